The first-order valence-corrected chi connectivity index (χ1v) is 12.2. The number of rotatable bonds is 7. The molecule has 0 radical (unpaired) electrons. The summed E-state index contributed by atoms with van der Waals surface area (Å²) in [6.45, 7) is 0.500. The van der Waals surface area contributed by atoms with Gasteiger partial charge in [-0.3, -0.25) is 9.59 Å². The van der Waals surface area contributed by atoms with Gasteiger partial charge in [-0.05, 0) is 49.1 Å². The fourth-order valence-corrected chi connectivity index (χ4v) is 5.12. The lowest BCUT2D eigenvalue weighted by molar-refractivity contribution is -0.156. The number of fused-ring (bicyclic) bond motifs is 1. The summed E-state index contributed by atoms with van der Waals surface area (Å²) in [5.74, 6) is 0.409. The molecule has 0 saturated heterocycles. The highest BCUT2D eigenvalue weighted by molar-refractivity contribution is 5.99. The number of hydrogen-bond acceptors (Lipinski definition) is 8. The quantitative estimate of drug-likeness (QED) is 0.453. The van der Waals surface area contributed by atoms with E-state index in [0.717, 1.165) is 24.9 Å². The van der Waals surface area contributed by atoms with Crippen LogP contribution in [0.1, 0.15) is 37.1 Å². The van der Waals surface area contributed by atoms with E-state index in [2.05, 4.69) is 16.2 Å². The third-order valence-electron chi connectivity index (χ3n) is 6.99. The van der Waals surface area contributed by atoms with Crippen molar-refractivity contribution in [2.75, 3.05) is 25.7 Å². The number of aromatic nitrogens is 2. The number of para-hydroxylation sites is 1. The molecular weight excluding hydrogens is 462 g/mol. The molecule has 0 spiro atoms. The molecule has 1 saturated carbocycles. The van der Waals surface area contributed by atoms with Crippen molar-refractivity contribution in [1.82, 2.24) is 10.1 Å². The molecule has 9 nitrogen and oxygen atoms in total. The molecule has 2 aliphatic rings. The second-order valence-electron chi connectivity index (χ2n) is 9.06. The Balaban J connectivity index is 1.24. The number of carbonyl (C=O) groups is 2. The van der Waals surface area contributed by atoms with Crippen LogP contribution in [0.5, 0.6) is 11.5 Å². The number of amides is 1. The molecule has 1 amide bonds. The molecule has 0 N–H and O–H groups in total. The average Bonchev–Trinajstić information content (AvgIpc) is 3.58. The fraction of sp³-hybridized carbons (Fsp3) is 0.407. The number of ether oxygens (including phenoxy) is 3. The molecule has 0 unspecified atom stereocenters. The van der Waals surface area contributed by atoms with Gasteiger partial charge in [0, 0.05) is 17.8 Å². The molecule has 9 heteroatoms. The highest BCUT2D eigenvalue weighted by Gasteiger charge is 2.40. The van der Waals surface area contributed by atoms with Gasteiger partial charge in [-0.2, -0.15) is 4.98 Å². The Kier molecular flexibility index (Phi) is 6.88. The third-order valence-corrected chi connectivity index (χ3v) is 6.99. The van der Waals surface area contributed by atoms with Crippen LogP contribution >= 0.6 is 0 Å². The van der Waals surface area contributed by atoms with Crippen molar-refractivity contribution in [2.24, 2.45) is 11.8 Å². The van der Waals surface area contributed by atoms with Crippen LogP contribution in [0.15, 0.2) is 47.0 Å². The smallest absolute Gasteiger partial charge is 0.310 e. The van der Waals surface area contributed by atoms with Crippen molar-refractivity contribution in [3.63, 3.8) is 0 Å². The van der Waals surface area contributed by atoms with Crippen LogP contribution in [0.3, 0.4) is 0 Å². The van der Waals surface area contributed by atoms with E-state index in [-0.39, 0.29) is 24.3 Å². The van der Waals surface area contributed by atoms with Crippen molar-refractivity contribution < 1.29 is 28.3 Å². The van der Waals surface area contributed by atoms with Crippen LogP contribution < -0.4 is 14.4 Å². The summed E-state index contributed by atoms with van der Waals surface area (Å²) in [6, 6.07) is 13.2. The van der Waals surface area contributed by atoms with E-state index in [0.29, 0.717) is 42.3 Å². The third kappa shape index (κ3) is 4.65. The van der Waals surface area contributed by atoms with Gasteiger partial charge in [0.25, 0.3) is 5.89 Å². The number of benzene rings is 2. The maximum absolute atomic E-state index is 13.5. The Bertz CT molecular complexity index is 1260. The van der Waals surface area contributed by atoms with Gasteiger partial charge in [-0.1, -0.05) is 36.2 Å². The Morgan fingerprint density at radius 3 is 2.61 bits per heavy atom. The average molecular weight is 492 g/mol. The normalized spacial score (nSPS) is 19.0. The first kappa shape index (κ1) is 23.8. The number of hydrogen-bond donors (Lipinski definition) is 0. The minimum atomic E-state index is -0.479. The molecule has 1 aliphatic heterocycles. The standard InChI is InChI=1S/C27H29N3O6/c1-33-22-12-11-18(15-23(22)34-2)25-28-24(36-29-25)16-35-27(32)20-9-5-4-8-19(20)26(31)30-14-13-17-7-3-6-10-21(17)30/h3,6-7,10-12,15,19-20H,4-5,8-9,13-14,16H2,1-2H3/t19-,20-/m1/s1. The van der Waals surface area contributed by atoms with Gasteiger partial charge < -0.3 is 23.6 Å². The number of esters is 1. The molecule has 1 aromatic heterocycles. The minimum absolute atomic E-state index is 0.00938. The summed E-state index contributed by atoms with van der Waals surface area (Å²) in [6.07, 6.45) is 3.97. The first-order chi connectivity index (χ1) is 17.6. The molecular formula is C27H29N3O6. The first-order valence-electron chi connectivity index (χ1n) is 12.2. The zero-order chi connectivity index (χ0) is 25.1. The lowest BCUT2D eigenvalue weighted by atomic mass is 9.78. The summed E-state index contributed by atoms with van der Waals surface area (Å²) in [4.78, 5) is 32.7. The van der Waals surface area contributed by atoms with Crippen molar-refractivity contribution in [1.29, 1.82) is 0 Å². The molecule has 5 rings (SSSR count). The Labute approximate surface area is 209 Å². The van der Waals surface area contributed by atoms with E-state index >= 15 is 0 Å². The van der Waals surface area contributed by atoms with E-state index in [9.17, 15) is 9.59 Å². The van der Waals surface area contributed by atoms with Crippen LogP contribution in [-0.4, -0.2) is 42.8 Å². The number of nitrogens with zero attached hydrogens (tertiary/aromatic N) is 3. The van der Waals surface area contributed by atoms with Gasteiger partial charge in [-0.25, -0.2) is 0 Å². The molecule has 36 heavy (non-hydrogen) atoms. The Morgan fingerprint density at radius 2 is 1.81 bits per heavy atom. The van der Waals surface area contributed by atoms with Crippen molar-refractivity contribution in [3.8, 4) is 22.9 Å². The Morgan fingerprint density at radius 1 is 1.03 bits per heavy atom. The largest absolute Gasteiger partial charge is 0.493 e. The van der Waals surface area contributed by atoms with Gasteiger partial charge in [0.05, 0.1) is 26.1 Å². The van der Waals surface area contributed by atoms with Crippen molar-refractivity contribution >= 4 is 17.6 Å². The lowest BCUT2D eigenvalue weighted by Crippen LogP contribution is -2.42. The molecule has 3 aromatic rings. The maximum Gasteiger partial charge on any atom is 0.310 e. The van der Waals surface area contributed by atoms with E-state index < -0.39 is 11.9 Å². The van der Waals surface area contributed by atoms with Gasteiger partial charge >= 0.3 is 5.97 Å². The Hall–Kier alpha value is -3.88. The second-order valence-corrected chi connectivity index (χ2v) is 9.06. The topological polar surface area (TPSA) is 104 Å². The molecule has 1 aliphatic carbocycles. The van der Waals surface area contributed by atoms with Crippen LogP contribution in [0.25, 0.3) is 11.4 Å². The van der Waals surface area contributed by atoms with E-state index in [1.165, 1.54) is 5.56 Å². The molecule has 188 valence electrons. The number of methoxy groups -OCH3 is 2. The molecule has 1 fully saturated rings. The van der Waals surface area contributed by atoms with Gasteiger partial charge in [0.1, 0.15) is 0 Å². The zero-order valence-electron chi connectivity index (χ0n) is 20.4. The van der Waals surface area contributed by atoms with E-state index in [1.807, 2.05) is 23.1 Å². The van der Waals surface area contributed by atoms with Gasteiger partial charge in [0.15, 0.2) is 18.1 Å². The highest BCUT2D eigenvalue weighted by Crippen LogP contribution is 2.36. The zero-order valence-corrected chi connectivity index (χ0v) is 20.4. The molecule has 2 atom stereocenters. The molecule has 2 aromatic carbocycles. The molecule has 2 heterocycles. The van der Waals surface area contributed by atoms with Gasteiger partial charge in [-0.15, -0.1) is 0 Å². The second kappa shape index (κ2) is 10.4. The highest BCUT2D eigenvalue weighted by atomic mass is 16.6. The van der Waals surface area contributed by atoms with Crippen LogP contribution in [0.2, 0.25) is 0 Å². The van der Waals surface area contributed by atoms with Crippen molar-refractivity contribution in [2.45, 2.75) is 38.7 Å². The summed E-state index contributed by atoms with van der Waals surface area (Å²) in [5, 5.41) is 3.99. The lowest BCUT2D eigenvalue weighted by Gasteiger charge is -2.32. The fourth-order valence-electron chi connectivity index (χ4n) is 5.12. The summed E-state index contributed by atoms with van der Waals surface area (Å²) < 4.78 is 21.4. The predicted molar refractivity (Wildman–Crippen MR) is 131 cm³/mol. The monoisotopic (exact) mass is 491 g/mol. The summed E-state index contributed by atoms with van der Waals surface area (Å²) >= 11 is 0. The van der Waals surface area contributed by atoms with Crippen LogP contribution in [-0.2, 0) is 27.4 Å². The van der Waals surface area contributed by atoms with Crippen molar-refractivity contribution in [3.05, 3.63) is 53.9 Å². The SMILES string of the molecule is COc1ccc(-c2noc(COC(=O)[C@@H]3CCCC[C@H]3C(=O)N3CCc4ccccc43)n2)cc1OC. The summed E-state index contributed by atoms with van der Waals surface area (Å²) in [5.41, 5.74) is 2.80. The number of carbonyl (C=O) groups excluding carboxylic acids is 2. The van der Waals surface area contributed by atoms with E-state index in [4.69, 9.17) is 18.7 Å². The maximum atomic E-state index is 13.5. The van der Waals surface area contributed by atoms with Crippen LogP contribution in [0.4, 0.5) is 5.69 Å². The summed E-state index contributed by atoms with van der Waals surface area (Å²) in [7, 11) is 3.11. The minimum Gasteiger partial charge on any atom is -0.493 e. The van der Waals surface area contributed by atoms with E-state index in [1.54, 1.807) is 32.4 Å². The predicted octanol–water partition coefficient (Wildman–Crippen LogP) is 4.19. The van der Waals surface area contributed by atoms with Crippen LogP contribution in [0, 0.1) is 11.8 Å². The molecule has 0 bridgehead atoms. The van der Waals surface area contributed by atoms with Gasteiger partial charge in [0.2, 0.25) is 11.7 Å². The number of anilines is 1.